The van der Waals surface area contributed by atoms with Gasteiger partial charge in [0.05, 0.1) is 0 Å². The van der Waals surface area contributed by atoms with E-state index in [1.54, 1.807) is 0 Å². The van der Waals surface area contributed by atoms with Crippen molar-refractivity contribution < 1.29 is 0 Å². The van der Waals surface area contributed by atoms with Crippen LogP contribution in [0.5, 0.6) is 0 Å². The van der Waals surface area contributed by atoms with Gasteiger partial charge in [0.15, 0.2) is 0 Å². The maximum Gasteiger partial charge on any atom is 0.0229 e. The topological polar surface area (TPSA) is 0 Å². The Balaban J connectivity index is 2.62. The normalized spacial score (nSPS) is 12.8. The van der Waals surface area contributed by atoms with Crippen molar-refractivity contribution in [3.63, 3.8) is 0 Å². The first-order chi connectivity index (χ1) is 6.77. The number of rotatable bonds is 5. The van der Waals surface area contributed by atoms with Gasteiger partial charge in [0.2, 0.25) is 0 Å². The van der Waals surface area contributed by atoms with E-state index in [4.69, 9.17) is 11.6 Å². The Labute approximate surface area is 92.3 Å². The van der Waals surface area contributed by atoms with Gasteiger partial charge in [-0.25, -0.2) is 0 Å². The molecule has 0 radical (unpaired) electrons. The smallest absolute Gasteiger partial charge is 0.0229 e. The average Bonchev–Trinajstić information content (AvgIpc) is 2.20. The third-order valence-electron chi connectivity index (χ3n) is 2.63. The van der Waals surface area contributed by atoms with Gasteiger partial charge in [0.1, 0.15) is 0 Å². The van der Waals surface area contributed by atoms with Crippen molar-refractivity contribution in [1.82, 2.24) is 0 Å². The van der Waals surface area contributed by atoms with E-state index in [1.807, 2.05) is 0 Å². The fraction of sp³-hybridized carbons (Fsp3) is 0.538. The third-order valence-corrected chi connectivity index (χ3v) is 2.85. The minimum atomic E-state index is 0.586. The zero-order chi connectivity index (χ0) is 10.4. The standard InChI is InChI=1S/C13H19Cl/c1-3-4-12-5-7-13(8-6-12)11(2)9-10-14/h5-8,11H,3-4,9-10H2,1-2H3. The van der Waals surface area contributed by atoms with E-state index in [2.05, 4.69) is 38.1 Å². The fourth-order valence-electron chi connectivity index (χ4n) is 1.63. The molecule has 0 fully saturated rings. The van der Waals surface area contributed by atoms with Crippen LogP contribution in [0, 0.1) is 0 Å². The van der Waals surface area contributed by atoms with Gasteiger partial charge in [0.25, 0.3) is 0 Å². The van der Waals surface area contributed by atoms with Gasteiger partial charge < -0.3 is 0 Å². The van der Waals surface area contributed by atoms with Crippen LogP contribution in [-0.2, 0) is 6.42 Å². The number of halogens is 1. The molecule has 0 saturated heterocycles. The summed E-state index contributed by atoms with van der Waals surface area (Å²) in [5, 5.41) is 0. The molecule has 0 N–H and O–H groups in total. The highest BCUT2D eigenvalue weighted by Crippen LogP contribution is 2.20. The van der Waals surface area contributed by atoms with Crippen molar-refractivity contribution in [3.05, 3.63) is 35.4 Å². The number of alkyl halides is 1. The van der Waals surface area contributed by atoms with Crippen LogP contribution < -0.4 is 0 Å². The van der Waals surface area contributed by atoms with Crippen molar-refractivity contribution in [2.75, 3.05) is 5.88 Å². The summed E-state index contributed by atoms with van der Waals surface area (Å²) in [6.07, 6.45) is 3.47. The molecule has 0 aliphatic heterocycles. The number of hydrogen-bond acceptors (Lipinski definition) is 0. The molecule has 0 heterocycles. The molecular formula is C13H19Cl. The molecular weight excluding hydrogens is 192 g/mol. The Kier molecular flexibility index (Phi) is 5.03. The van der Waals surface area contributed by atoms with Gasteiger partial charge in [-0.2, -0.15) is 0 Å². The van der Waals surface area contributed by atoms with Crippen LogP contribution in [0.25, 0.3) is 0 Å². The first-order valence-corrected chi connectivity index (χ1v) is 5.96. The zero-order valence-electron chi connectivity index (χ0n) is 9.09. The summed E-state index contributed by atoms with van der Waals surface area (Å²) >= 11 is 5.73. The number of hydrogen-bond donors (Lipinski definition) is 0. The summed E-state index contributed by atoms with van der Waals surface area (Å²) in [5.41, 5.74) is 2.85. The molecule has 0 amide bonds. The largest absolute Gasteiger partial charge is 0.127 e. The van der Waals surface area contributed by atoms with Crippen LogP contribution in [0.1, 0.15) is 43.7 Å². The fourth-order valence-corrected chi connectivity index (χ4v) is 1.96. The Morgan fingerprint density at radius 1 is 1.21 bits per heavy atom. The second-order valence-electron chi connectivity index (χ2n) is 3.87. The second-order valence-corrected chi connectivity index (χ2v) is 4.25. The lowest BCUT2D eigenvalue weighted by Crippen LogP contribution is -1.94. The molecule has 0 saturated carbocycles. The first-order valence-electron chi connectivity index (χ1n) is 5.42. The molecule has 0 spiro atoms. The van der Waals surface area contributed by atoms with Crippen molar-refractivity contribution in [2.24, 2.45) is 0 Å². The molecule has 1 heteroatoms. The van der Waals surface area contributed by atoms with E-state index in [-0.39, 0.29) is 0 Å². The lowest BCUT2D eigenvalue weighted by molar-refractivity contribution is 0.737. The summed E-state index contributed by atoms with van der Waals surface area (Å²) < 4.78 is 0. The van der Waals surface area contributed by atoms with Crippen molar-refractivity contribution in [3.8, 4) is 0 Å². The van der Waals surface area contributed by atoms with Gasteiger partial charge in [-0.15, -0.1) is 11.6 Å². The van der Waals surface area contributed by atoms with E-state index in [1.165, 1.54) is 24.0 Å². The van der Waals surface area contributed by atoms with Crippen LogP contribution in [0.15, 0.2) is 24.3 Å². The third kappa shape index (κ3) is 3.34. The summed E-state index contributed by atoms with van der Waals surface area (Å²) in [7, 11) is 0. The predicted octanol–water partition coefficient (Wildman–Crippen LogP) is 4.37. The lowest BCUT2D eigenvalue weighted by atomic mass is 9.97. The molecule has 0 nitrogen and oxygen atoms in total. The van der Waals surface area contributed by atoms with Gasteiger partial charge in [-0.05, 0) is 29.9 Å². The Hall–Kier alpha value is -0.490. The van der Waals surface area contributed by atoms with E-state index < -0.39 is 0 Å². The van der Waals surface area contributed by atoms with Crippen LogP contribution in [-0.4, -0.2) is 5.88 Å². The summed E-state index contributed by atoms with van der Waals surface area (Å²) in [6, 6.07) is 8.96. The second kappa shape index (κ2) is 6.08. The van der Waals surface area contributed by atoms with Gasteiger partial charge >= 0.3 is 0 Å². The molecule has 0 aromatic heterocycles. The molecule has 1 aromatic rings. The van der Waals surface area contributed by atoms with Crippen LogP contribution in [0.3, 0.4) is 0 Å². The van der Waals surface area contributed by atoms with E-state index in [0.717, 1.165) is 12.3 Å². The van der Waals surface area contributed by atoms with Gasteiger partial charge in [0, 0.05) is 5.88 Å². The highest BCUT2D eigenvalue weighted by molar-refractivity contribution is 6.17. The minimum Gasteiger partial charge on any atom is -0.127 e. The molecule has 0 aliphatic carbocycles. The molecule has 0 bridgehead atoms. The Bertz CT molecular complexity index is 250. The highest BCUT2D eigenvalue weighted by atomic mass is 35.5. The number of aryl methyl sites for hydroxylation is 1. The number of benzene rings is 1. The predicted molar refractivity (Wildman–Crippen MR) is 64.2 cm³/mol. The molecule has 78 valence electrons. The molecule has 1 unspecified atom stereocenters. The highest BCUT2D eigenvalue weighted by Gasteiger charge is 2.03. The SMILES string of the molecule is CCCc1ccc(C(C)CCCl)cc1. The summed E-state index contributed by atoms with van der Waals surface area (Å²) in [5.74, 6) is 1.33. The summed E-state index contributed by atoms with van der Waals surface area (Å²) in [6.45, 7) is 4.45. The van der Waals surface area contributed by atoms with E-state index in [9.17, 15) is 0 Å². The maximum absolute atomic E-state index is 5.73. The Morgan fingerprint density at radius 2 is 1.86 bits per heavy atom. The lowest BCUT2D eigenvalue weighted by Gasteiger charge is -2.10. The maximum atomic E-state index is 5.73. The summed E-state index contributed by atoms with van der Waals surface area (Å²) in [4.78, 5) is 0. The van der Waals surface area contributed by atoms with Gasteiger partial charge in [-0.3, -0.25) is 0 Å². The molecule has 0 aliphatic rings. The molecule has 14 heavy (non-hydrogen) atoms. The Morgan fingerprint density at radius 3 is 2.36 bits per heavy atom. The first kappa shape index (κ1) is 11.6. The monoisotopic (exact) mass is 210 g/mol. The van der Waals surface area contributed by atoms with Crippen LogP contribution in [0.4, 0.5) is 0 Å². The molecule has 1 aromatic carbocycles. The minimum absolute atomic E-state index is 0.586. The zero-order valence-corrected chi connectivity index (χ0v) is 9.85. The van der Waals surface area contributed by atoms with Crippen LogP contribution in [0.2, 0.25) is 0 Å². The van der Waals surface area contributed by atoms with Crippen LogP contribution >= 0.6 is 11.6 Å². The molecule has 1 atom stereocenters. The van der Waals surface area contributed by atoms with Crippen molar-refractivity contribution in [1.29, 1.82) is 0 Å². The molecule has 1 rings (SSSR count). The van der Waals surface area contributed by atoms with E-state index >= 15 is 0 Å². The quantitative estimate of drug-likeness (QED) is 0.633. The van der Waals surface area contributed by atoms with Gasteiger partial charge in [-0.1, -0.05) is 44.5 Å². The van der Waals surface area contributed by atoms with Crippen molar-refractivity contribution in [2.45, 2.75) is 39.0 Å². The van der Waals surface area contributed by atoms with E-state index in [0.29, 0.717) is 5.92 Å². The van der Waals surface area contributed by atoms with Crippen molar-refractivity contribution >= 4 is 11.6 Å². The average molecular weight is 211 g/mol.